The van der Waals surface area contributed by atoms with Gasteiger partial charge in [-0.3, -0.25) is 10.00 Å². The van der Waals surface area contributed by atoms with Crippen molar-refractivity contribution in [3.63, 3.8) is 0 Å². The van der Waals surface area contributed by atoms with Crippen LogP contribution in [0.1, 0.15) is 24.2 Å². The molecule has 0 unspecified atom stereocenters. The number of hydrogen-bond acceptors (Lipinski definition) is 5. The smallest absolute Gasteiger partial charge is 0.225 e. The summed E-state index contributed by atoms with van der Waals surface area (Å²) in [4.78, 5) is 13.7. The quantitative estimate of drug-likeness (QED) is 0.937. The molecule has 6 heteroatoms. The minimum absolute atomic E-state index is 0.795. The van der Waals surface area contributed by atoms with Gasteiger partial charge in [-0.25, -0.2) is 9.97 Å². The molecule has 4 heterocycles. The van der Waals surface area contributed by atoms with Crippen molar-refractivity contribution in [1.29, 1.82) is 0 Å². The topological polar surface area (TPSA) is 60.9 Å². The summed E-state index contributed by atoms with van der Waals surface area (Å²) < 4.78 is 0. The van der Waals surface area contributed by atoms with Gasteiger partial charge in [-0.15, -0.1) is 0 Å². The van der Waals surface area contributed by atoms with Gasteiger partial charge < -0.3 is 4.90 Å². The minimum atomic E-state index is 0.795. The van der Waals surface area contributed by atoms with Gasteiger partial charge in [0, 0.05) is 50.8 Å². The molecule has 0 amide bonds. The average Bonchev–Trinajstić information content (AvgIpc) is 3.09. The lowest BCUT2D eigenvalue weighted by atomic mass is 9.92. The lowest BCUT2D eigenvalue weighted by Crippen LogP contribution is -2.28. The Balaban J connectivity index is 1.36. The molecule has 2 aliphatic heterocycles. The highest BCUT2D eigenvalue weighted by molar-refractivity contribution is 5.28. The Morgan fingerprint density at radius 3 is 2.43 bits per heavy atom. The number of aromatic amines is 1. The molecule has 23 heavy (non-hydrogen) atoms. The second kappa shape index (κ2) is 6.28. The van der Waals surface area contributed by atoms with Crippen molar-refractivity contribution >= 4 is 5.95 Å². The molecule has 2 aromatic heterocycles. The number of nitrogens with one attached hydrogen (secondary N) is 1. The van der Waals surface area contributed by atoms with Crippen molar-refractivity contribution < 1.29 is 0 Å². The zero-order chi connectivity index (χ0) is 15.6. The van der Waals surface area contributed by atoms with E-state index in [-0.39, 0.29) is 0 Å². The van der Waals surface area contributed by atoms with Crippen molar-refractivity contribution in [2.45, 2.75) is 26.3 Å². The molecule has 0 spiro atoms. The van der Waals surface area contributed by atoms with E-state index in [1.807, 2.05) is 18.5 Å². The Morgan fingerprint density at radius 2 is 1.83 bits per heavy atom. The summed E-state index contributed by atoms with van der Waals surface area (Å²) in [5, 5.41) is 7.42. The van der Waals surface area contributed by atoms with Crippen LogP contribution >= 0.6 is 0 Å². The van der Waals surface area contributed by atoms with Crippen molar-refractivity contribution in [3.8, 4) is 0 Å². The molecule has 2 fully saturated rings. The number of anilines is 1. The fraction of sp³-hybridized carbons (Fsp3) is 0.588. The summed E-state index contributed by atoms with van der Waals surface area (Å²) in [5.41, 5.74) is 2.31. The van der Waals surface area contributed by atoms with Crippen LogP contribution < -0.4 is 4.90 Å². The lowest BCUT2D eigenvalue weighted by Gasteiger charge is -2.21. The highest BCUT2D eigenvalue weighted by Gasteiger charge is 2.35. The summed E-state index contributed by atoms with van der Waals surface area (Å²) in [6.07, 6.45) is 6.14. The standard InChI is InChI=1S/C17H24N6/c1-13-9-16(21-20-13)12-22-10-14-3-7-23(8-4-15(14)11-22)17-18-5-2-6-19-17/h2,5-6,9,14-15H,3-4,7-8,10-12H2,1H3,(H,20,21)/t14-,15+. The molecule has 122 valence electrons. The summed E-state index contributed by atoms with van der Waals surface area (Å²) >= 11 is 0. The molecule has 2 aliphatic rings. The summed E-state index contributed by atoms with van der Waals surface area (Å²) in [6, 6.07) is 4.04. The predicted molar refractivity (Wildman–Crippen MR) is 89.1 cm³/mol. The maximum atomic E-state index is 4.40. The van der Waals surface area contributed by atoms with Gasteiger partial charge in [0.2, 0.25) is 5.95 Å². The zero-order valence-electron chi connectivity index (χ0n) is 13.6. The highest BCUT2D eigenvalue weighted by Crippen LogP contribution is 2.33. The molecule has 0 aliphatic carbocycles. The number of aryl methyl sites for hydroxylation is 1. The van der Waals surface area contributed by atoms with Crippen LogP contribution in [0.25, 0.3) is 0 Å². The van der Waals surface area contributed by atoms with E-state index < -0.39 is 0 Å². The van der Waals surface area contributed by atoms with Gasteiger partial charge in [-0.1, -0.05) is 0 Å². The van der Waals surface area contributed by atoms with Gasteiger partial charge in [0.1, 0.15) is 0 Å². The van der Waals surface area contributed by atoms with Crippen molar-refractivity contribution in [3.05, 3.63) is 35.9 Å². The molecular formula is C17H24N6. The molecule has 2 atom stereocenters. The van der Waals surface area contributed by atoms with Crippen LogP contribution in [0.2, 0.25) is 0 Å². The number of fused-ring (bicyclic) bond motifs is 1. The van der Waals surface area contributed by atoms with E-state index in [4.69, 9.17) is 0 Å². The predicted octanol–water partition coefficient (Wildman–Crippen LogP) is 1.86. The van der Waals surface area contributed by atoms with E-state index in [9.17, 15) is 0 Å². The number of hydrogen-bond donors (Lipinski definition) is 1. The van der Waals surface area contributed by atoms with E-state index >= 15 is 0 Å². The Labute approximate surface area is 136 Å². The van der Waals surface area contributed by atoms with Gasteiger partial charge in [0.05, 0.1) is 5.69 Å². The van der Waals surface area contributed by atoms with Gasteiger partial charge in [0.15, 0.2) is 0 Å². The number of H-pyrrole nitrogens is 1. The normalized spacial score (nSPS) is 25.3. The van der Waals surface area contributed by atoms with Crippen molar-refractivity contribution in [1.82, 2.24) is 25.1 Å². The van der Waals surface area contributed by atoms with E-state index in [0.29, 0.717) is 0 Å². The second-order valence-electron chi connectivity index (χ2n) is 6.87. The molecule has 0 aromatic carbocycles. The number of rotatable bonds is 3. The Bertz CT molecular complexity index is 624. The Morgan fingerprint density at radius 1 is 1.13 bits per heavy atom. The maximum Gasteiger partial charge on any atom is 0.225 e. The monoisotopic (exact) mass is 312 g/mol. The molecule has 0 bridgehead atoms. The molecule has 6 nitrogen and oxygen atoms in total. The third-order valence-corrected chi connectivity index (χ3v) is 5.17. The van der Waals surface area contributed by atoms with Crippen LogP contribution in [-0.4, -0.2) is 51.2 Å². The molecule has 1 N–H and O–H groups in total. The number of aromatic nitrogens is 4. The second-order valence-corrected chi connectivity index (χ2v) is 6.87. The summed E-state index contributed by atoms with van der Waals surface area (Å²) in [6.45, 7) is 7.56. The fourth-order valence-electron chi connectivity index (χ4n) is 4.01. The third-order valence-electron chi connectivity index (χ3n) is 5.17. The SMILES string of the molecule is Cc1cc(CN2C[C@H]3CCN(c4ncccn4)CC[C@H]3C2)n[nH]1. The third kappa shape index (κ3) is 3.22. The molecular weight excluding hydrogens is 288 g/mol. The first kappa shape index (κ1) is 14.6. The van der Waals surface area contributed by atoms with Crippen LogP contribution in [0.4, 0.5) is 5.95 Å². The minimum Gasteiger partial charge on any atom is -0.341 e. The fourth-order valence-corrected chi connectivity index (χ4v) is 4.01. The maximum absolute atomic E-state index is 4.40. The van der Waals surface area contributed by atoms with Crippen LogP contribution in [0.5, 0.6) is 0 Å². The van der Waals surface area contributed by atoms with Gasteiger partial charge in [-0.05, 0) is 43.7 Å². The van der Waals surface area contributed by atoms with Gasteiger partial charge >= 0.3 is 0 Å². The molecule has 2 aromatic rings. The van der Waals surface area contributed by atoms with E-state index in [1.165, 1.54) is 31.6 Å². The van der Waals surface area contributed by atoms with Gasteiger partial charge in [-0.2, -0.15) is 5.10 Å². The molecule has 0 saturated carbocycles. The Kier molecular flexibility index (Phi) is 3.99. The molecule has 4 rings (SSSR count). The van der Waals surface area contributed by atoms with Crippen LogP contribution in [0.3, 0.4) is 0 Å². The first-order valence-electron chi connectivity index (χ1n) is 8.53. The summed E-state index contributed by atoms with van der Waals surface area (Å²) in [5.74, 6) is 2.48. The van der Waals surface area contributed by atoms with E-state index in [0.717, 1.165) is 43.1 Å². The van der Waals surface area contributed by atoms with Crippen molar-refractivity contribution in [2.75, 3.05) is 31.1 Å². The van der Waals surface area contributed by atoms with Crippen LogP contribution in [0.15, 0.2) is 24.5 Å². The van der Waals surface area contributed by atoms with E-state index in [1.54, 1.807) is 0 Å². The van der Waals surface area contributed by atoms with Crippen LogP contribution in [-0.2, 0) is 6.54 Å². The number of likely N-dealkylation sites (tertiary alicyclic amines) is 1. The highest BCUT2D eigenvalue weighted by atomic mass is 15.3. The van der Waals surface area contributed by atoms with Gasteiger partial charge in [0.25, 0.3) is 0 Å². The van der Waals surface area contributed by atoms with Crippen molar-refractivity contribution in [2.24, 2.45) is 11.8 Å². The Hall–Kier alpha value is -1.95. The first-order chi connectivity index (χ1) is 11.3. The number of nitrogens with zero attached hydrogens (tertiary/aromatic N) is 5. The first-order valence-corrected chi connectivity index (χ1v) is 8.53. The van der Waals surface area contributed by atoms with E-state index in [2.05, 4.69) is 43.0 Å². The largest absolute Gasteiger partial charge is 0.341 e. The zero-order valence-corrected chi connectivity index (χ0v) is 13.6. The average molecular weight is 312 g/mol. The molecule has 2 saturated heterocycles. The molecule has 0 radical (unpaired) electrons. The summed E-state index contributed by atoms with van der Waals surface area (Å²) in [7, 11) is 0. The lowest BCUT2D eigenvalue weighted by molar-refractivity contribution is 0.305. The van der Waals surface area contributed by atoms with Crippen LogP contribution in [0, 0.1) is 18.8 Å².